The van der Waals surface area contributed by atoms with E-state index in [0.29, 0.717) is 5.82 Å². The van der Waals surface area contributed by atoms with Gasteiger partial charge in [0.05, 0.1) is 16.7 Å². The van der Waals surface area contributed by atoms with Crippen LogP contribution in [-0.2, 0) is 13.0 Å². The van der Waals surface area contributed by atoms with Gasteiger partial charge < -0.3 is 8.97 Å². The quantitative estimate of drug-likeness (QED) is 0.242. The van der Waals surface area contributed by atoms with Gasteiger partial charge in [0.25, 0.3) is 0 Å². The molecule has 0 fully saturated rings. The maximum Gasteiger partial charge on any atom is 0.180 e. The largest absolute Gasteiger partial charge is 0.323 e. The minimum atomic E-state index is 0.659. The summed E-state index contributed by atoms with van der Waals surface area (Å²) < 4.78 is 4.43. The van der Waals surface area contributed by atoms with Crippen LogP contribution in [0.25, 0.3) is 50.5 Å². The number of benzene rings is 3. The van der Waals surface area contributed by atoms with Crippen molar-refractivity contribution in [3.8, 4) is 33.8 Å². The Morgan fingerprint density at radius 2 is 1.65 bits per heavy atom. The summed E-state index contributed by atoms with van der Waals surface area (Å²) in [6.45, 7) is 2.97. The van der Waals surface area contributed by atoms with Crippen LogP contribution < -0.4 is 0 Å². The predicted octanol–water partition coefficient (Wildman–Crippen LogP) is 6.59. The van der Waals surface area contributed by atoms with Gasteiger partial charge in [-0.15, -0.1) is 5.10 Å². The molecule has 1 N–H and O–H groups in total. The van der Waals surface area contributed by atoms with Crippen molar-refractivity contribution in [2.45, 2.75) is 32.7 Å². The number of aryl methyl sites for hydroxylation is 1. The summed E-state index contributed by atoms with van der Waals surface area (Å²) in [4.78, 5) is 9.89. The summed E-state index contributed by atoms with van der Waals surface area (Å²) in [6.07, 6.45) is 7.30. The first-order chi connectivity index (χ1) is 19.8. The van der Waals surface area contributed by atoms with Crippen LogP contribution in [0.5, 0.6) is 0 Å². The second-order valence-corrected chi connectivity index (χ2v) is 10.0. The molecule has 8 heteroatoms. The number of hydrogen-bond donors (Lipinski definition) is 1. The predicted molar refractivity (Wildman–Crippen MR) is 157 cm³/mol. The number of aromatic amines is 1. The number of nitrogens with zero attached hydrogens (tertiary/aromatic N) is 7. The third kappa shape index (κ3) is 4.43. The first kappa shape index (κ1) is 24.0. The molecule has 0 aliphatic carbocycles. The summed E-state index contributed by atoms with van der Waals surface area (Å²) in [7, 11) is 0. The number of imidazole rings is 2. The molecule has 0 spiro atoms. The normalized spacial score (nSPS) is 11.5. The van der Waals surface area contributed by atoms with Crippen LogP contribution in [0, 0.1) is 0 Å². The molecule has 0 aliphatic heterocycles. The van der Waals surface area contributed by atoms with Gasteiger partial charge in [-0.1, -0.05) is 74.0 Å². The molecular weight excluding hydrogens is 496 g/mol. The summed E-state index contributed by atoms with van der Waals surface area (Å²) in [6, 6.07) is 29.5. The van der Waals surface area contributed by atoms with Crippen LogP contribution in [0.1, 0.15) is 31.2 Å². The van der Waals surface area contributed by atoms with Crippen molar-refractivity contribution >= 4 is 16.7 Å². The number of nitrogens with one attached hydrogen (secondary N) is 1. The van der Waals surface area contributed by atoms with Gasteiger partial charge in [0.2, 0.25) is 0 Å². The molecule has 0 radical (unpaired) electrons. The maximum atomic E-state index is 5.04. The number of H-pyrrole nitrogens is 1. The zero-order valence-electron chi connectivity index (χ0n) is 22.2. The second kappa shape index (κ2) is 10.2. The number of aromatic nitrogens is 8. The molecular formula is C32H28N8. The van der Waals surface area contributed by atoms with E-state index in [1.165, 1.54) is 5.56 Å². The molecule has 40 heavy (non-hydrogen) atoms. The number of hydrogen-bond acceptors (Lipinski definition) is 5. The summed E-state index contributed by atoms with van der Waals surface area (Å²) in [5.41, 5.74) is 9.54. The van der Waals surface area contributed by atoms with E-state index in [2.05, 4.69) is 91.2 Å². The van der Waals surface area contributed by atoms with E-state index in [1.807, 2.05) is 42.6 Å². The highest BCUT2D eigenvalue weighted by Gasteiger charge is 2.15. The molecule has 0 aliphatic rings. The van der Waals surface area contributed by atoms with E-state index in [9.17, 15) is 0 Å². The molecule has 7 rings (SSSR count). The van der Waals surface area contributed by atoms with Gasteiger partial charge in [-0.3, -0.25) is 0 Å². The zero-order chi connectivity index (χ0) is 26.9. The first-order valence-corrected chi connectivity index (χ1v) is 13.6. The summed E-state index contributed by atoms with van der Waals surface area (Å²) >= 11 is 0. The maximum absolute atomic E-state index is 5.04. The number of tetrazole rings is 1. The van der Waals surface area contributed by atoms with Gasteiger partial charge in [0.15, 0.2) is 5.82 Å². The lowest BCUT2D eigenvalue weighted by molar-refractivity contribution is 0.690. The Balaban J connectivity index is 1.25. The Labute approximate surface area is 231 Å². The average molecular weight is 525 g/mol. The molecule has 0 atom stereocenters. The van der Waals surface area contributed by atoms with Crippen molar-refractivity contribution in [2.24, 2.45) is 0 Å². The topological polar surface area (TPSA) is 89.6 Å². The SMILES string of the molecule is CCCCc1nc2ccc(-c3cn4ccccc4n3)cc2n1Cc1ccc(-c2ccccc2-c2nnn[nH]2)cc1. The lowest BCUT2D eigenvalue weighted by atomic mass is 9.98. The van der Waals surface area contributed by atoms with Crippen molar-refractivity contribution in [2.75, 3.05) is 0 Å². The molecule has 7 aromatic rings. The van der Waals surface area contributed by atoms with Gasteiger partial charge in [0.1, 0.15) is 11.5 Å². The Bertz CT molecular complexity index is 1880. The fourth-order valence-electron chi connectivity index (χ4n) is 5.29. The van der Waals surface area contributed by atoms with E-state index in [4.69, 9.17) is 9.97 Å². The first-order valence-electron chi connectivity index (χ1n) is 13.6. The number of rotatable bonds is 8. The van der Waals surface area contributed by atoms with Crippen LogP contribution >= 0.6 is 0 Å². The van der Waals surface area contributed by atoms with Gasteiger partial charge in [0, 0.05) is 36.5 Å². The molecule has 4 heterocycles. The number of fused-ring (bicyclic) bond motifs is 2. The molecule has 0 unspecified atom stereocenters. The fraction of sp³-hybridized carbons (Fsp3) is 0.156. The monoisotopic (exact) mass is 524 g/mol. The van der Waals surface area contributed by atoms with Crippen LogP contribution in [0.2, 0.25) is 0 Å². The van der Waals surface area contributed by atoms with Crippen LogP contribution in [0.3, 0.4) is 0 Å². The average Bonchev–Trinajstić information content (AvgIpc) is 3.76. The number of pyridine rings is 1. The lowest BCUT2D eigenvalue weighted by Crippen LogP contribution is -2.05. The third-order valence-electron chi connectivity index (χ3n) is 7.37. The van der Waals surface area contributed by atoms with E-state index in [-0.39, 0.29) is 0 Å². The van der Waals surface area contributed by atoms with E-state index >= 15 is 0 Å². The minimum Gasteiger partial charge on any atom is -0.323 e. The van der Waals surface area contributed by atoms with Crippen LogP contribution in [0.15, 0.2) is 97.3 Å². The Morgan fingerprint density at radius 3 is 2.45 bits per heavy atom. The van der Waals surface area contributed by atoms with E-state index in [0.717, 1.165) is 76.3 Å². The highest BCUT2D eigenvalue weighted by atomic mass is 15.5. The Kier molecular flexibility index (Phi) is 6.12. The zero-order valence-corrected chi connectivity index (χ0v) is 22.2. The van der Waals surface area contributed by atoms with Crippen molar-refractivity contribution in [1.82, 2.24) is 39.6 Å². The molecule has 0 bridgehead atoms. The molecule has 0 amide bonds. The van der Waals surface area contributed by atoms with Crippen LogP contribution in [-0.4, -0.2) is 39.6 Å². The smallest absolute Gasteiger partial charge is 0.180 e. The van der Waals surface area contributed by atoms with Crippen molar-refractivity contribution < 1.29 is 0 Å². The van der Waals surface area contributed by atoms with Gasteiger partial charge >= 0.3 is 0 Å². The van der Waals surface area contributed by atoms with Gasteiger partial charge in [-0.25, -0.2) is 15.1 Å². The van der Waals surface area contributed by atoms with Crippen molar-refractivity contribution in [3.63, 3.8) is 0 Å². The highest BCUT2D eigenvalue weighted by Crippen LogP contribution is 2.31. The molecule has 0 saturated heterocycles. The molecule has 196 valence electrons. The Hall–Kier alpha value is -5.11. The third-order valence-corrected chi connectivity index (χ3v) is 7.37. The Morgan fingerprint density at radius 1 is 0.825 bits per heavy atom. The molecule has 3 aromatic carbocycles. The van der Waals surface area contributed by atoms with Crippen molar-refractivity contribution in [3.05, 3.63) is 109 Å². The minimum absolute atomic E-state index is 0.659. The number of unbranched alkanes of at least 4 members (excludes halogenated alkanes) is 1. The molecule has 4 aromatic heterocycles. The summed E-state index contributed by atoms with van der Waals surface area (Å²) in [5.74, 6) is 1.78. The molecule has 0 saturated carbocycles. The summed E-state index contributed by atoms with van der Waals surface area (Å²) in [5, 5.41) is 14.5. The molecule has 8 nitrogen and oxygen atoms in total. The van der Waals surface area contributed by atoms with Crippen LogP contribution in [0.4, 0.5) is 0 Å². The highest BCUT2D eigenvalue weighted by molar-refractivity contribution is 5.83. The fourth-order valence-corrected chi connectivity index (χ4v) is 5.29. The lowest BCUT2D eigenvalue weighted by Gasteiger charge is -2.12. The van der Waals surface area contributed by atoms with Gasteiger partial charge in [-0.2, -0.15) is 0 Å². The van der Waals surface area contributed by atoms with Gasteiger partial charge in [-0.05, 0) is 57.8 Å². The van der Waals surface area contributed by atoms with E-state index in [1.54, 1.807) is 0 Å². The van der Waals surface area contributed by atoms with Crippen molar-refractivity contribution in [1.29, 1.82) is 0 Å². The second-order valence-electron chi connectivity index (χ2n) is 10.0. The standard InChI is InChI=1S/C32H28N8/c1-2-3-10-31-33-27-17-16-24(28-21-39-18-7-6-11-30(39)34-28)19-29(27)40(31)20-22-12-14-23(15-13-22)25-8-4-5-9-26(25)32-35-37-38-36-32/h4-9,11-19,21H,2-3,10,20H2,1H3,(H,35,36,37,38). The van der Waals surface area contributed by atoms with E-state index < -0.39 is 0 Å².